The van der Waals surface area contributed by atoms with Crippen molar-refractivity contribution in [2.24, 2.45) is 0 Å². The Morgan fingerprint density at radius 3 is 1.44 bits per heavy atom. The Bertz CT molecular complexity index is 1380. The van der Waals surface area contributed by atoms with Crippen molar-refractivity contribution in [2.75, 3.05) is 19.1 Å². The van der Waals surface area contributed by atoms with Gasteiger partial charge in [-0.1, -0.05) is 121 Å². The van der Waals surface area contributed by atoms with Crippen LogP contribution >= 0.6 is 23.5 Å². The highest BCUT2D eigenvalue weighted by molar-refractivity contribution is 8.16. The number of thioether (sulfide) groups is 2. The molecule has 0 aromatic heterocycles. The molecule has 0 aliphatic carbocycles. The van der Waals surface area contributed by atoms with Gasteiger partial charge >= 0.3 is 0 Å². The van der Waals surface area contributed by atoms with E-state index >= 15 is 0 Å². The maximum Gasteiger partial charge on any atom is 0.217 e. The van der Waals surface area contributed by atoms with E-state index in [0.717, 1.165) is 22.3 Å². The Morgan fingerprint density at radius 2 is 1.00 bits per heavy atom. The molecule has 0 spiro atoms. The third-order valence-corrected chi connectivity index (χ3v) is 10.4. The summed E-state index contributed by atoms with van der Waals surface area (Å²) in [5.41, 5.74) is 4.08. The minimum Gasteiger partial charge on any atom is -0.374 e. The second-order valence-electron chi connectivity index (χ2n) is 11.0. The molecule has 0 saturated carbocycles. The molecule has 5 rings (SSSR count). The molecule has 1 aliphatic heterocycles. The smallest absolute Gasteiger partial charge is 0.217 e. The van der Waals surface area contributed by atoms with E-state index in [1.807, 2.05) is 134 Å². The molecule has 1 heterocycles. The van der Waals surface area contributed by atoms with E-state index in [0.29, 0.717) is 19.8 Å². The first-order valence-electron chi connectivity index (χ1n) is 15.1. The fourth-order valence-corrected chi connectivity index (χ4v) is 7.33. The molecule has 0 radical (unpaired) electrons. The van der Waals surface area contributed by atoms with Gasteiger partial charge in [0, 0.05) is 0 Å². The van der Waals surface area contributed by atoms with Crippen molar-refractivity contribution >= 4 is 23.5 Å². The number of ether oxygens (including phenoxy) is 5. The SMILES string of the molecule is CSC(SC)[C@]1(O)OC(COCc2ccccc2)[C@@H](OCc2ccccc2)[C@H](OCc2ccccc2)[C@H]1OCc1ccccc1. The number of aliphatic hydroxyl groups is 1. The van der Waals surface area contributed by atoms with Crippen LogP contribution in [0.1, 0.15) is 22.3 Å². The average molecular weight is 647 g/mol. The zero-order valence-corrected chi connectivity index (χ0v) is 27.4. The van der Waals surface area contributed by atoms with Crippen LogP contribution in [0.4, 0.5) is 0 Å². The third kappa shape index (κ3) is 9.21. The predicted octanol–water partition coefficient (Wildman–Crippen LogP) is 7.10. The molecule has 1 unspecified atom stereocenters. The van der Waals surface area contributed by atoms with Gasteiger partial charge in [0.1, 0.15) is 29.0 Å². The van der Waals surface area contributed by atoms with Crippen molar-refractivity contribution in [1.82, 2.24) is 0 Å². The van der Waals surface area contributed by atoms with Crippen LogP contribution in [-0.2, 0) is 50.1 Å². The van der Waals surface area contributed by atoms with Crippen LogP contribution in [-0.4, -0.2) is 59.0 Å². The summed E-state index contributed by atoms with van der Waals surface area (Å²) in [5, 5.41) is 12.5. The minimum absolute atomic E-state index is 0.197. The van der Waals surface area contributed by atoms with Gasteiger partial charge in [0.05, 0.1) is 33.0 Å². The fourth-order valence-electron chi connectivity index (χ4n) is 5.51. The van der Waals surface area contributed by atoms with E-state index in [9.17, 15) is 5.11 Å². The van der Waals surface area contributed by atoms with E-state index in [1.54, 1.807) is 0 Å². The summed E-state index contributed by atoms with van der Waals surface area (Å²) >= 11 is 3.04. The molecule has 8 heteroatoms. The van der Waals surface area contributed by atoms with Crippen LogP contribution < -0.4 is 0 Å². The quantitative estimate of drug-likeness (QED) is 0.129. The highest BCUT2D eigenvalue weighted by atomic mass is 32.2. The summed E-state index contributed by atoms with van der Waals surface area (Å²) in [5.74, 6) is -1.71. The molecule has 6 nitrogen and oxygen atoms in total. The van der Waals surface area contributed by atoms with E-state index in [2.05, 4.69) is 0 Å². The molecule has 0 bridgehead atoms. The monoisotopic (exact) mass is 646 g/mol. The Hall–Kier alpha value is -2.66. The van der Waals surface area contributed by atoms with Gasteiger partial charge in [0.25, 0.3) is 0 Å². The Kier molecular flexibility index (Phi) is 13.0. The second kappa shape index (κ2) is 17.3. The van der Waals surface area contributed by atoms with Gasteiger partial charge in [-0.3, -0.25) is 0 Å². The summed E-state index contributed by atoms with van der Waals surface area (Å²) in [6, 6.07) is 40.0. The molecule has 5 atom stereocenters. The summed E-state index contributed by atoms with van der Waals surface area (Å²) < 4.78 is 32.6. The van der Waals surface area contributed by atoms with Crippen molar-refractivity contribution in [2.45, 2.75) is 61.2 Å². The summed E-state index contributed by atoms with van der Waals surface area (Å²) in [6.07, 6.45) is 1.16. The third-order valence-electron chi connectivity index (χ3n) is 7.74. The van der Waals surface area contributed by atoms with Crippen LogP contribution in [0, 0.1) is 0 Å². The average Bonchev–Trinajstić information content (AvgIpc) is 3.09. The Labute approximate surface area is 275 Å². The lowest BCUT2D eigenvalue weighted by Crippen LogP contribution is -2.69. The number of rotatable bonds is 16. The molecule has 1 fully saturated rings. The summed E-state index contributed by atoms with van der Waals surface area (Å²) in [7, 11) is 0. The lowest BCUT2D eigenvalue weighted by atomic mass is 9.92. The highest BCUT2D eigenvalue weighted by Gasteiger charge is 2.59. The number of hydrogen-bond donors (Lipinski definition) is 1. The van der Waals surface area contributed by atoms with Crippen molar-refractivity contribution in [3.63, 3.8) is 0 Å². The lowest BCUT2D eigenvalue weighted by Gasteiger charge is -2.52. The first-order valence-corrected chi connectivity index (χ1v) is 17.7. The zero-order valence-electron chi connectivity index (χ0n) is 25.8. The standard InChI is InChI=1S/C37H42O6S2/c1-44-36(45-2)37(38)35(42-26-31-21-13-6-14-22-31)34(41-25-30-19-11-5-12-20-30)33(40-24-29-17-9-4-10-18-29)32(43-37)27-39-23-28-15-7-3-8-16-28/h3-22,32-36,38H,23-27H2,1-2H3/t32?,33-,34+,35-,37-/m1/s1. The van der Waals surface area contributed by atoms with Gasteiger partial charge in [0.2, 0.25) is 5.79 Å². The van der Waals surface area contributed by atoms with Crippen molar-refractivity contribution in [3.8, 4) is 0 Å². The lowest BCUT2D eigenvalue weighted by molar-refractivity contribution is -0.364. The van der Waals surface area contributed by atoms with Crippen LogP contribution in [0.3, 0.4) is 0 Å². The van der Waals surface area contributed by atoms with Gasteiger partial charge in [-0.2, -0.15) is 0 Å². The molecular formula is C37H42O6S2. The normalized spacial score (nSPS) is 23.3. The predicted molar refractivity (Wildman–Crippen MR) is 182 cm³/mol. The molecule has 4 aromatic carbocycles. The molecule has 238 valence electrons. The van der Waals surface area contributed by atoms with Gasteiger partial charge in [-0.15, -0.1) is 23.5 Å². The number of hydrogen-bond acceptors (Lipinski definition) is 8. The van der Waals surface area contributed by atoms with Gasteiger partial charge in [-0.25, -0.2) is 0 Å². The minimum atomic E-state index is -1.71. The van der Waals surface area contributed by atoms with Crippen LogP contribution in [0.2, 0.25) is 0 Å². The second-order valence-corrected chi connectivity index (χ2v) is 13.1. The summed E-state index contributed by atoms with van der Waals surface area (Å²) in [4.78, 5) is 0. The Balaban J connectivity index is 1.49. The van der Waals surface area contributed by atoms with Gasteiger partial charge in [0.15, 0.2) is 0 Å². The largest absolute Gasteiger partial charge is 0.374 e. The maximum atomic E-state index is 12.5. The number of benzene rings is 4. The molecule has 1 aliphatic rings. The molecule has 1 N–H and O–H groups in total. The van der Waals surface area contributed by atoms with E-state index in [-0.39, 0.29) is 17.8 Å². The maximum absolute atomic E-state index is 12.5. The molecular weight excluding hydrogens is 605 g/mol. The van der Waals surface area contributed by atoms with E-state index < -0.39 is 30.2 Å². The first kappa shape index (κ1) is 33.7. The fraction of sp³-hybridized carbons (Fsp3) is 0.351. The van der Waals surface area contributed by atoms with Crippen LogP contribution in [0.25, 0.3) is 0 Å². The first-order chi connectivity index (χ1) is 22.1. The van der Waals surface area contributed by atoms with Crippen LogP contribution in [0.5, 0.6) is 0 Å². The molecule has 1 saturated heterocycles. The van der Waals surface area contributed by atoms with Crippen molar-refractivity contribution < 1.29 is 28.8 Å². The Morgan fingerprint density at radius 1 is 0.600 bits per heavy atom. The van der Waals surface area contributed by atoms with Crippen molar-refractivity contribution in [1.29, 1.82) is 0 Å². The topological polar surface area (TPSA) is 66.4 Å². The zero-order chi connectivity index (χ0) is 31.3. The molecule has 0 amide bonds. The van der Waals surface area contributed by atoms with E-state index in [1.165, 1.54) is 23.5 Å². The van der Waals surface area contributed by atoms with Gasteiger partial charge < -0.3 is 28.8 Å². The van der Waals surface area contributed by atoms with Gasteiger partial charge in [-0.05, 0) is 34.8 Å². The molecule has 45 heavy (non-hydrogen) atoms. The molecule has 4 aromatic rings. The highest BCUT2D eigenvalue weighted by Crippen LogP contribution is 2.43. The summed E-state index contributed by atoms with van der Waals surface area (Å²) in [6.45, 7) is 1.54. The van der Waals surface area contributed by atoms with E-state index in [4.69, 9.17) is 23.7 Å². The van der Waals surface area contributed by atoms with Crippen LogP contribution in [0.15, 0.2) is 121 Å². The van der Waals surface area contributed by atoms with Crippen molar-refractivity contribution in [3.05, 3.63) is 144 Å².